The zero-order chi connectivity index (χ0) is 17.5. The Balaban J connectivity index is 1.41. The van der Waals surface area contributed by atoms with Crippen LogP contribution in [0.3, 0.4) is 0 Å². The second kappa shape index (κ2) is 9.01. The zero-order valence-corrected chi connectivity index (χ0v) is 15.0. The summed E-state index contributed by atoms with van der Waals surface area (Å²) in [6, 6.07) is 7.24. The number of benzene rings is 1. The predicted molar refractivity (Wildman–Crippen MR) is 99.9 cm³/mol. The summed E-state index contributed by atoms with van der Waals surface area (Å²) in [7, 11) is 0. The minimum atomic E-state index is -0.103. The zero-order valence-electron chi connectivity index (χ0n) is 14.1. The lowest BCUT2D eigenvalue weighted by Gasteiger charge is -2.21. The van der Waals surface area contributed by atoms with Gasteiger partial charge < -0.3 is 10.1 Å². The number of hydrogen-bond acceptors (Lipinski definition) is 5. The molecule has 1 amide bonds. The molecule has 7 heteroatoms. The molecule has 0 radical (unpaired) electrons. The molecule has 6 nitrogen and oxygen atoms in total. The van der Waals surface area contributed by atoms with Crippen LogP contribution >= 0.6 is 11.8 Å². The monoisotopic (exact) mass is 361 g/mol. The van der Waals surface area contributed by atoms with E-state index >= 15 is 0 Å². The minimum absolute atomic E-state index is 0.0346. The summed E-state index contributed by atoms with van der Waals surface area (Å²) in [5.74, 6) is 0.876. The lowest BCUT2D eigenvalue weighted by atomic mass is 10.2. The normalized spacial score (nSPS) is 15.4. The van der Waals surface area contributed by atoms with Crippen molar-refractivity contribution in [3.8, 4) is 0 Å². The summed E-state index contributed by atoms with van der Waals surface area (Å²) >= 11 is 1.90. The summed E-state index contributed by atoms with van der Waals surface area (Å²) < 4.78 is 6.84. The van der Waals surface area contributed by atoms with Crippen molar-refractivity contribution in [2.75, 3.05) is 25.5 Å². The fraction of sp³-hybridized carbons (Fsp3) is 0.500. The lowest BCUT2D eigenvalue weighted by Crippen LogP contribution is -2.29. The van der Waals surface area contributed by atoms with E-state index in [2.05, 4.69) is 10.3 Å². The highest BCUT2D eigenvalue weighted by atomic mass is 32.2. The topological polar surface area (TPSA) is 73.2 Å². The lowest BCUT2D eigenvalue weighted by molar-refractivity contribution is -0.121. The number of thioether (sulfide) groups is 1. The number of ether oxygens (including phenoxy) is 1. The van der Waals surface area contributed by atoms with Crippen LogP contribution in [-0.2, 0) is 16.1 Å². The molecular weight excluding hydrogens is 338 g/mol. The van der Waals surface area contributed by atoms with Gasteiger partial charge in [-0.05, 0) is 25.0 Å². The van der Waals surface area contributed by atoms with Gasteiger partial charge in [-0.3, -0.25) is 14.2 Å². The number of nitrogens with one attached hydrogen (secondary N) is 1. The number of amides is 1. The summed E-state index contributed by atoms with van der Waals surface area (Å²) in [6.07, 6.45) is 3.98. The summed E-state index contributed by atoms with van der Waals surface area (Å²) in [6.45, 7) is 2.69. The van der Waals surface area contributed by atoms with Gasteiger partial charge in [0.15, 0.2) is 0 Å². The Bertz CT molecular complexity index is 771. The largest absolute Gasteiger partial charge is 0.381 e. The van der Waals surface area contributed by atoms with Crippen LogP contribution in [0.5, 0.6) is 0 Å². The van der Waals surface area contributed by atoms with Crippen molar-refractivity contribution in [3.63, 3.8) is 0 Å². The van der Waals surface area contributed by atoms with Gasteiger partial charge in [-0.1, -0.05) is 12.1 Å². The molecule has 1 aliphatic heterocycles. The predicted octanol–water partition coefficient (Wildman–Crippen LogP) is 1.81. The first-order chi connectivity index (χ1) is 12.2. The summed E-state index contributed by atoms with van der Waals surface area (Å²) in [5, 5.41) is 4.15. The minimum Gasteiger partial charge on any atom is -0.381 e. The first-order valence-electron chi connectivity index (χ1n) is 8.64. The Kier molecular flexibility index (Phi) is 6.47. The molecule has 3 rings (SSSR count). The van der Waals surface area contributed by atoms with Gasteiger partial charge in [-0.15, -0.1) is 0 Å². The third-order valence-corrected chi connectivity index (χ3v) is 5.64. The molecule has 1 aliphatic rings. The highest BCUT2D eigenvalue weighted by molar-refractivity contribution is 7.99. The third-order valence-electron chi connectivity index (χ3n) is 4.26. The number of nitrogens with zero attached hydrogens (tertiary/aromatic N) is 2. The van der Waals surface area contributed by atoms with E-state index in [-0.39, 0.29) is 17.9 Å². The fourth-order valence-corrected chi connectivity index (χ4v) is 3.91. The number of para-hydroxylation sites is 1. The number of rotatable bonds is 7. The highest BCUT2D eigenvalue weighted by Crippen LogP contribution is 2.21. The highest BCUT2D eigenvalue weighted by Gasteiger charge is 2.13. The van der Waals surface area contributed by atoms with Gasteiger partial charge in [-0.2, -0.15) is 11.8 Å². The molecule has 25 heavy (non-hydrogen) atoms. The molecular formula is C18H23N3O3S. The van der Waals surface area contributed by atoms with Crippen LogP contribution < -0.4 is 10.9 Å². The Hall–Kier alpha value is -1.86. The SMILES string of the molecule is O=C(CCn1cnc2ccccc2c1=O)NCCSC1CCOCC1. The molecule has 2 heterocycles. The van der Waals surface area contributed by atoms with Crippen LogP contribution in [0, 0.1) is 0 Å². The van der Waals surface area contributed by atoms with E-state index < -0.39 is 0 Å². The second-order valence-corrected chi connectivity index (χ2v) is 7.45. The maximum atomic E-state index is 12.4. The maximum absolute atomic E-state index is 12.4. The molecule has 0 saturated carbocycles. The summed E-state index contributed by atoms with van der Waals surface area (Å²) in [5.41, 5.74) is 0.576. The molecule has 2 aromatic rings. The Morgan fingerprint density at radius 1 is 1.32 bits per heavy atom. The molecule has 1 saturated heterocycles. The van der Waals surface area contributed by atoms with Crippen molar-refractivity contribution in [1.29, 1.82) is 0 Å². The van der Waals surface area contributed by atoms with E-state index in [0.717, 1.165) is 31.8 Å². The maximum Gasteiger partial charge on any atom is 0.261 e. The third kappa shape index (κ3) is 5.06. The van der Waals surface area contributed by atoms with Crippen LogP contribution in [0.15, 0.2) is 35.4 Å². The second-order valence-electron chi connectivity index (χ2n) is 6.04. The molecule has 0 unspecified atom stereocenters. The Labute approximate surface area is 151 Å². The van der Waals surface area contributed by atoms with Crippen molar-refractivity contribution < 1.29 is 9.53 Å². The van der Waals surface area contributed by atoms with Crippen LogP contribution in [0.2, 0.25) is 0 Å². The average molecular weight is 361 g/mol. The quantitative estimate of drug-likeness (QED) is 0.762. The molecule has 0 bridgehead atoms. The average Bonchev–Trinajstić information content (AvgIpc) is 2.66. The van der Waals surface area contributed by atoms with Gasteiger partial charge in [0, 0.05) is 43.7 Å². The van der Waals surface area contributed by atoms with E-state index in [1.807, 2.05) is 30.0 Å². The van der Waals surface area contributed by atoms with Gasteiger partial charge >= 0.3 is 0 Å². The standard InChI is InChI=1S/C18H23N3O3S/c22-17(19-8-12-25-14-6-10-24-11-7-14)5-9-21-13-20-16-4-2-1-3-15(16)18(21)23/h1-4,13-14H,5-12H2,(H,19,22). The fourth-order valence-electron chi connectivity index (χ4n) is 2.83. The van der Waals surface area contributed by atoms with Crippen molar-refractivity contribution in [1.82, 2.24) is 14.9 Å². The van der Waals surface area contributed by atoms with Crippen molar-refractivity contribution >= 4 is 28.6 Å². The van der Waals surface area contributed by atoms with Crippen molar-refractivity contribution in [3.05, 3.63) is 40.9 Å². The summed E-state index contributed by atoms with van der Waals surface area (Å²) in [4.78, 5) is 28.6. The van der Waals surface area contributed by atoms with Crippen LogP contribution in [0.1, 0.15) is 19.3 Å². The van der Waals surface area contributed by atoms with Gasteiger partial charge in [0.05, 0.1) is 17.2 Å². The number of aromatic nitrogens is 2. The molecule has 1 N–H and O–H groups in total. The smallest absolute Gasteiger partial charge is 0.261 e. The number of carbonyl (C=O) groups is 1. The number of aryl methyl sites for hydroxylation is 1. The first kappa shape index (κ1) is 17.9. The van der Waals surface area contributed by atoms with E-state index in [1.54, 1.807) is 6.07 Å². The van der Waals surface area contributed by atoms with Crippen LogP contribution in [-0.4, -0.2) is 46.2 Å². The van der Waals surface area contributed by atoms with Crippen molar-refractivity contribution in [2.45, 2.75) is 31.1 Å². The first-order valence-corrected chi connectivity index (χ1v) is 9.69. The molecule has 134 valence electrons. The van der Waals surface area contributed by atoms with E-state index in [9.17, 15) is 9.59 Å². The van der Waals surface area contributed by atoms with Crippen LogP contribution in [0.4, 0.5) is 0 Å². The Morgan fingerprint density at radius 2 is 2.12 bits per heavy atom. The van der Waals surface area contributed by atoms with E-state index in [4.69, 9.17) is 4.74 Å². The van der Waals surface area contributed by atoms with Crippen molar-refractivity contribution in [2.24, 2.45) is 0 Å². The molecule has 0 aliphatic carbocycles. The Morgan fingerprint density at radius 3 is 2.96 bits per heavy atom. The number of fused-ring (bicyclic) bond motifs is 1. The van der Waals surface area contributed by atoms with Gasteiger partial charge in [0.1, 0.15) is 0 Å². The number of carbonyl (C=O) groups excluding carboxylic acids is 1. The van der Waals surface area contributed by atoms with Gasteiger partial charge in [0.25, 0.3) is 5.56 Å². The van der Waals surface area contributed by atoms with Gasteiger partial charge in [0.2, 0.25) is 5.91 Å². The van der Waals surface area contributed by atoms with E-state index in [0.29, 0.717) is 29.2 Å². The number of hydrogen-bond donors (Lipinski definition) is 1. The molecule has 0 spiro atoms. The van der Waals surface area contributed by atoms with Gasteiger partial charge in [-0.25, -0.2) is 4.98 Å². The molecule has 1 aromatic carbocycles. The molecule has 1 aromatic heterocycles. The molecule has 0 atom stereocenters. The van der Waals surface area contributed by atoms with E-state index in [1.165, 1.54) is 10.9 Å². The van der Waals surface area contributed by atoms with Crippen LogP contribution in [0.25, 0.3) is 10.9 Å². The molecule has 1 fully saturated rings.